The standard InChI is InChI=1S/C26H29N3O5/c1-6-14-29-19(30)11-13-26-17-9-7-8-10-18(17)28(15-12-16(2)3)22(26)20(23(31)33-4)21(24(32)34-5)27-25(26)29/h6-10,12,22H,1,11,13-15H2,2-5H3/t22-,26-/m0/s1. The van der Waals surface area contributed by atoms with Crippen LogP contribution in [-0.2, 0) is 29.3 Å². The zero-order valence-electron chi connectivity index (χ0n) is 20.0. The number of ether oxygens (including phenoxy) is 2. The Hall–Kier alpha value is -3.68. The third-order valence-electron chi connectivity index (χ3n) is 6.70. The van der Waals surface area contributed by atoms with E-state index in [0.29, 0.717) is 18.8 Å². The monoisotopic (exact) mass is 463 g/mol. The number of fused-ring (bicyclic) bond motifs is 1. The van der Waals surface area contributed by atoms with Crippen molar-refractivity contribution >= 4 is 29.4 Å². The molecule has 8 nitrogen and oxygen atoms in total. The van der Waals surface area contributed by atoms with Crippen LogP contribution in [0.15, 0.2) is 64.8 Å². The normalized spacial score (nSPS) is 22.9. The summed E-state index contributed by atoms with van der Waals surface area (Å²) in [6, 6.07) is 7.30. The minimum absolute atomic E-state index is 0.103. The number of piperidine rings is 1. The molecule has 3 aliphatic heterocycles. The van der Waals surface area contributed by atoms with Crippen molar-refractivity contribution in [1.82, 2.24) is 4.90 Å². The van der Waals surface area contributed by atoms with Gasteiger partial charge in [0.25, 0.3) is 0 Å². The average molecular weight is 464 g/mol. The first kappa shape index (κ1) is 23.5. The predicted molar refractivity (Wildman–Crippen MR) is 128 cm³/mol. The van der Waals surface area contributed by atoms with Crippen LogP contribution in [0.5, 0.6) is 0 Å². The van der Waals surface area contributed by atoms with E-state index in [-0.39, 0.29) is 30.1 Å². The van der Waals surface area contributed by atoms with Crippen LogP contribution in [0.1, 0.15) is 32.3 Å². The molecule has 0 radical (unpaired) electrons. The van der Waals surface area contributed by atoms with Crippen LogP contribution in [0, 0.1) is 0 Å². The Morgan fingerprint density at radius 1 is 1.18 bits per heavy atom. The Bertz CT molecular complexity index is 1160. The molecule has 3 aliphatic rings. The zero-order valence-corrected chi connectivity index (χ0v) is 20.0. The first-order chi connectivity index (χ1) is 16.3. The highest BCUT2D eigenvalue weighted by molar-refractivity contribution is 6.15. The maximum atomic E-state index is 13.2. The average Bonchev–Trinajstić information content (AvgIpc) is 3.12. The Morgan fingerprint density at radius 3 is 2.53 bits per heavy atom. The van der Waals surface area contributed by atoms with Gasteiger partial charge in [-0.3, -0.25) is 9.69 Å². The molecule has 2 atom stereocenters. The second kappa shape index (κ2) is 8.93. The van der Waals surface area contributed by atoms with Crippen molar-refractivity contribution in [2.75, 3.05) is 32.2 Å². The number of anilines is 1. The van der Waals surface area contributed by atoms with Crippen molar-refractivity contribution in [3.8, 4) is 0 Å². The molecule has 34 heavy (non-hydrogen) atoms. The van der Waals surface area contributed by atoms with Crippen LogP contribution < -0.4 is 4.90 Å². The first-order valence-electron chi connectivity index (χ1n) is 11.2. The number of hydrogen-bond donors (Lipinski definition) is 0. The number of hydrogen-bond acceptors (Lipinski definition) is 7. The van der Waals surface area contributed by atoms with Gasteiger partial charge in [-0.05, 0) is 31.9 Å². The summed E-state index contributed by atoms with van der Waals surface area (Å²) >= 11 is 0. The summed E-state index contributed by atoms with van der Waals surface area (Å²) in [4.78, 5) is 47.5. The highest BCUT2D eigenvalue weighted by Crippen LogP contribution is 2.55. The number of aliphatic imine (C=N–C) groups is 1. The lowest BCUT2D eigenvalue weighted by atomic mass is 9.65. The minimum atomic E-state index is -0.815. The number of nitrogens with zero attached hydrogens (tertiary/aromatic N) is 3. The number of rotatable bonds is 6. The zero-order chi connectivity index (χ0) is 24.6. The maximum Gasteiger partial charge on any atom is 0.357 e. The van der Waals surface area contributed by atoms with Crippen molar-refractivity contribution in [3.63, 3.8) is 0 Å². The number of carbonyl (C=O) groups excluding carboxylic acids is 3. The van der Waals surface area contributed by atoms with Gasteiger partial charge in [0.2, 0.25) is 5.91 Å². The van der Waals surface area contributed by atoms with E-state index in [1.54, 1.807) is 11.0 Å². The third kappa shape index (κ3) is 3.36. The van der Waals surface area contributed by atoms with Gasteiger partial charge < -0.3 is 14.4 Å². The molecule has 1 aromatic rings. The maximum absolute atomic E-state index is 13.2. The van der Waals surface area contributed by atoms with E-state index in [1.807, 2.05) is 38.1 Å². The molecular weight excluding hydrogens is 434 g/mol. The summed E-state index contributed by atoms with van der Waals surface area (Å²) in [6.45, 7) is 8.56. The Morgan fingerprint density at radius 2 is 1.88 bits per heavy atom. The van der Waals surface area contributed by atoms with Gasteiger partial charge in [-0.1, -0.05) is 35.9 Å². The summed E-state index contributed by atoms with van der Waals surface area (Å²) in [5.41, 5.74) is 2.20. The third-order valence-corrected chi connectivity index (χ3v) is 6.70. The van der Waals surface area contributed by atoms with Gasteiger partial charge in [-0.15, -0.1) is 6.58 Å². The van der Waals surface area contributed by atoms with Crippen molar-refractivity contribution in [3.05, 3.63) is 65.4 Å². The van der Waals surface area contributed by atoms with Crippen LogP contribution >= 0.6 is 0 Å². The fourth-order valence-corrected chi connectivity index (χ4v) is 5.31. The van der Waals surface area contributed by atoms with Crippen LogP contribution in [0.3, 0.4) is 0 Å². The number of likely N-dealkylation sites (tertiary alicyclic amines) is 1. The van der Waals surface area contributed by atoms with E-state index in [0.717, 1.165) is 16.8 Å². The number of amides is 1. The molecule has 0 aliphatic carbocycles. The topological polar surface area (TPSA) is 88.5 Å². The summed E-state index contributed by atoms with van der Waals surface area (Å²) < 4.78 is 10.2. The highest BCUT2D eigenvalue weighted by atomic mass is 16.5. The molecular formula is C26H29N3O5. The molecule has 0 bridgehead atoms. The molecule has 1 spiro atoms. The van der Waals surface area contributed by atoms with E-state index in [4.69, 9.17) is 9.47 Å². The Kier molecular flexibility index (Phi) is 6.17. The smallest absolute Gasteiger partial charge is 0.357 e. The fraction of sp³-hybridized carbons (Fsp3) is 0.385. The van der Waals surface area contributed by atoms with Gasteiger partial charge in [0, 0.05) is 25.2 Å². The van der Waals surface area contributed by atoms with E-state index in [1.165, 1.54) is 14.2 Å². The second-order valence-electron chi connectivity index (χ2n) is 8.80. The Labute approximate surface area is 199 Å². The molecule has 0 saturated carbocycles. The van der Waals surface area contributed by atoms with E-state index >= 15 is 0 Å². The van der Waals surface area contributed by atoms with E-state index in [2.05, 4.69) is 22.5 Å². The SMILES string of the molecule is C=CCN1C(=O)CC[C@@]23C1=NC(C(=O)OC)=C(C(=O)OC)[C@@H]2N(CC=C(C)C)c1ccccc13. The van der Waals surface area contributed by atoms with Crippen molar-refractivity contribution in [2.45, 2.75) is 38.1 Å². The first-order valence-corrected chi connectivity index (χ1v) is 11.2. The van der Waals surface area contributed by atoms with Crippen molar-refractivity contribution in [1.29, 1.82) is 0 Å². The molecule has 4 rings (SSSR count). The molecule has 8 heteroatoms. The van der Waals surface area contributed by atoms with Crippen LogP contribution in [0.2, 0.25) is 0 Å². The summed E-state index contributed by atoms with van der Waals surface area (Å²) in [5, 5.41) is 0. The molecule has 1 saturated heterocycles. The number of carbonyl (C=O) groups is 3. The van der Waals surface area contributed by atoms with Crippen LogP contribution in [0.4, 0.5) is 5.69 Å². The van der Waals surface area contributed by atoms with Crippen molar-refractivity contribution < 1.29 is 23.9 Å². The van der Waals surface area contributed by atoms with Crippen LogP contribution in [0.25, 0.3) is 0 Å². The molecule has 1 aromatic carbocycles. The lowest BCUT2D eigenvalue weighted by Crippen LogP contribution is -2.63. The van der Waals surface area contributed by atoms with Gasteiger partial charge in [0.15, 0.2) is 5.70 Å². The van der Waals surface area contributed by atoms with Gasteiger partial charge in [-0.2, -0.15) is 0 Å². The fourth-order valence-electron chi connectivity index (χ4n) is 5.31. The summed E-state index contributed by atoms with van der Waals surface area (Å²) in [7, 11) is 2.53. The lowest BCUT2D eigenvalue weighted by Gasteiger charge is -2.48. The predicted octanol–water partition coefficient (Wildman–Crippen LogP) is 2.90. The number of methoxy groups -OCH3 is 2. The molecule has 1 amide bonds. The van der Waals surface area contributed by atoms with Gasteiger partial charge in [0.05, 0.1) is 31.2 Å². The molecule has 1 fully saturated rings. The quantitative estimate of drug-likeness (QED) is 0.476. The highest BCUT2D eigenvalue weighted by Gasteiger charge is 2.62. The van der Waals surface area contributed by atoms with Gasteiger partial charge >= 0.3 is 11.9 Å². The second-order valence-corrected chi connectivity index (χ2v) is 8.80. The van der Waals surface area contributed by atoms with E-state index < -0.39 is 23.4 Å². The molecule has 0 unspecified atom stereocenters. The summed E-state index contributed by atoms with van der Waals surface area (Å²) in [5.74, 6) is -1.06. The number of allylic oxidation sites excluding steroid dienone is 1. The lowest BCUT2D eigenvalue weighted by molar-refractivity contribution is -0.140. The summed E-state index contributed by atoms with van der Waals surface area (Å²) in [6.07, 6.45) is 4.42. The Balaban J connectivity index is 2.09. The minimum Gasteiger partial charge on any atom is -0.466 e. The largest absolute Gasteiger partial charge is 0.466 e. The molecule has 0 aromatic heterocycles. The number of amidine groups is 1. The van der Waals surface area contributed by atoms with Crippen molar-refractivity contribution in [2.24, 2.45) is 4.99 Å². The van der Waals surface area contributed by atoms with Gasteiger partial charge in [0.1, 0.15) is 5.84 Å². The molecule has 0 N–H and O–H groups in total. The van der Waals surface area contributed by atoms with E-state index in [9.17, 15) is 14.4 Å². The molecule has 3 heterocycles. The number of para-hydroxylation sites is 1. The number of esters is 2. The van der Waals surface area contributed by atoms with Crippen LogP contribution in [-0.4, -0.2) is 61.9 Å². The number of benzene rings is 1. The molecule has 178 valence electrons. The van der Waals surface area contributed by atoms with Gasteiger partial charge in [-0.25, -0.2) is 14.6 Å².